The summed E-state index contributed by atoms with van der Waals surface area (Å²) in [5.74, 6) is 0.974. The first kappa shape index (κ1) is 8.25. The van der Waals surface area contributed by atoms with Crippen molar-refractivity contribution in [1.82, 2.24) is 9.80 Å². The summed E-state index contributed by atoms with van der Waals surface area (Å²) in [6, 6.07) is 1.85. The molecule has 3 aliphatic heterocycles. The Morgan fingerprint density at radius 1 is 0.846 bits per heavy atom. The van der Waals surface area contributed by atoms with Gasteiger partial charge in [-0.15, -0.1) is 0 Å². The summed E-state index contributed by atoms with van der Waals surface area (Å²) in [6.45, 7) is 7.79. The van der Waals surface area contributed by atoms with Crippen LogP contribution in [0.4, 0.5) is 0 Å². The molecule has 0 aromatic heterocycles. The molecule has 0 radical (unpaired) electrons. The van der Waals surface area contributed by atoms with E-state index in [1.54, 1.807) is 0 Å². The molecule has 3 unspecified atom stereocenters. The van der Waals surface area contributed by atoms with Crippen LogP contribution in [0.3, 0.4) is 0 Å². The Balaban J connectivity index is 1.80. The fraction of sp³-hybridized carbons (Fsp3) is 1.00. The zero-order valence-electron chi connectivity index (χ0n) is 8.58. The predicted octanol–water partition coefficient (Wildman–Crippen LogP) is 1.17. The molecule has 2 heteroatoms. The minimum Gasteiger partial charge on any atom is -0.296 e. The largest absolute Gasteiger partial charge is 0.296 e. The fourth-order valence-corrected chi connectivity index (χ4v) is 3.55. The number of hydrogen-bond donors (Lipinski definition) is 0. The number of rotatable bonds is 0. The summed E-state index contributed by atoms with van der Waals surface area (Å²) in [5.41, 5.74) is 0. The Hall–Kier alpha value is -0.0800. The minimum absolute atomic E-state index is 0.922. The lowest BCUT2D eigenvalue weighted by molar-refractivity contribution is -0.0636. The Kier molecular flexibility index (Phi) is 1.88. The van der Waals surface area contributed by atoms with Crippen molar-refractivity contribution >= 4 is 0 Å². The van der Waals surface area contributed by atoms with E-state index in [0.717, 1.165) is 18.0 Å². The minimum atomic E-state index is 0.922. The van der Waals surface area contributed by atoms with Crippen LogP contribution in [0.15, 0.2) is 0 Å². The van der Waals surface area contributed by atoms with Gasteiger partial charge < -0.3 is 0 Å². The van der Waals surface area contributed by atoms with Gasteiger partial charge in [-0.1, -0.05) is 6.92 Å². The lowest BCUT2D eigenvalue weighted by Gasteiger charge is -2.56. The highest BCUT2D eigenvalue weighted by molar-refractivity contribution is 4.99. The Morgan fingerprint density at radius 2 is 1.46 bits per heavy atom. The van der Waals surface area contributed by atoms with Gasteiger partial charge in [0.25, 0.3) is 0 Å². The van der Waals surface area contributed by atoms with Gasteiger partial charge >= 0.3 is 0 Å². The van der Waals surface area contributed by atoms with E-state index in [-0.39, 0.29) is 0 Å². The number of hydrogen-bond acceptors (Lipinski definition) is 2. The van der Waals surface area contributed by atoms with Crippen LogP contribution < -0.4 is 0 Å². The third kappa shape index (κ3) is 1.23. The second kappa shape index (κ2) is 2.96. The van der Waals surface area contributed by atoms with Crippen LogP contribution in [0, 0.1) is 5.92 Å². The van der Waals surface area contributed by atoms with Crippen LogP contribution in [0.1, 0.15) is 26.2 Å². The van der Waals surface area contributed by atoms with Gasteiger partial charge in [-0.25, -0.2) is 0 Å². The monoisotopic (exact) mass is 180 g/mol. The summed E-state index contributed by atoms with van der Waals surface area (Å²) in [7, 11) is 0. The van der Waals surface area contributed by atoms with Crippen molar-refractivity contribution in [1.29, 1.82) is 0 Å². The van der Waals surface area contributed by atoms with Gasteiger partial charge in [-0.3, -0.25) is 9.80 Å². The molecule has 3 atom stereocenters. The lowest BCUT2D eigenvalue weighted by atomic mass is 9.79. The third-order valence-corrected chi connectivity index (χ3v) is 4.33. The van der Waals surface area contributed by atoms with Gasteiger partial charge in [0.1, 0.15) is 0 Å². The SMILES string of the molecule is CC1CCC2C(C1)N1CCN2CC1. The smallest absolute Gasteiger partial charge is 0.0255 e. The normalized spacial score (nSPS) is 54.7. The average molecular weight is 180 g/mol. The molecule has 0 amide bonds. The quantitative estimate of drug-likeness (QED) is 0.552. The average Bonchev–Trinajstić information content (AvgIpc) is 2.19. The molecule has 2 nitrogen and oxygen atoms in total. The van der Waals surface area contributed by atoms with Crippen LogP contribution in [0.2, 0.25) is 0 Å². The highest BCUT2D eigenvalue weighted by Crippen LogP contribution is 2.35. The number of nitrogens with zero attached hydrogens (tertiary/aromatic N) is 2. The second-order valence-electron chi connectivity index (χ2n) is 5.12. The van der Waals surface area contributed by atoms with E-state index in [1.807, 2.05) is 0 Å². The first-order valence-corrected chi connectivity index (χ1v) is 5.82. The molecule has 1 aliphatic carbocycles. The van der Waals surface area contributed by atoms with Gasteiger partial charge in [-0.05, 0) is 25.2 Å². The highest BCUT2D eigenvalue weighted by atomic mass is 15.4. The molecule has 0 aromatic rings. The molecule has 2 bridgehead atoms. The molecule has 3 saturated heterocycles. The van der Waals surface area contributed by atoms with Gasteiger partial charge in [0.15, 0.2) is 0 Å². The molecule has 4 fully saturated rings. The number of fused-ring (bicyclic) bond motifs is 2. The Bertz CT molecular complexity index is 196. The summed E-state index contributed by atoms with van der Waals surface area (Å²) in [6.07, 6.45) is 4.38. The van der Waals surface area contributed by atoms with Crippen LogP contribution >= 0.6 is 0 Å². The van der Waals surface area contributed by atoms with Crippen molar-refractivity contribution in [2.75, 3.05) is 26.2 Å². The molecule has 0 N–H and O–H groups in total. The number of piperazine rings is 3. The molecular formula is C11H20N2. The molecular weight excluding hydrogens is 160 g/mol. The van der Waals surface area contributed by atoms with Crippen LogP contribution in [0.25, 0.3) is 0 Å². The fourth-order valence-electron chi connectivity index (χ4n) is 3.55. The Morgan fingerprint density at radius 3 is 2.15 bits per heavy atom. The van der Waals surface area contributed by atoms with Crippen molar-refractivity contribution in [3.63, 3.8) is 0 Å². The van der Waals surface area contributed by atoms with E-state index < -0.39 is 0 Å². The first-order chi connectivity index (χ1) is 6.34. The Labute approximate surface area is 80.9 Å². The van der Waals surface area contributed by atoms with Crippen molar-refractivity contribution in [3.05, 3.63) is 0 Å². The summed E-state index contributed by atoms with van der Waals surface area (Å²) < 4.78 is 0. The molecule has 0 aromatic carbocycles. The van der Waals surface area contributed by atoms with Gasteiger partial charge in [0, 0.05) is 38.3 Å². The molecule has 3 heterocycles. The molecule has 4 rings (SSSR count). The first-order valence-electron chi connectivity index (χ1n) is 5.82. The van der Waals surface area contributed by atoms with Crippen LogP contribution in [-0.4, -0.2) is 48.1 Å². The molecule has 74 valence electrons. The topological polar surface area (TPSA) is 6.48 Å². The van der Waals surface area contributed by atoms with Crippen molar-refractivity contribution in [2.45, 2.75) is 38.3 Å². The zero-order valence-corrected chi connectivity index (χ0v) is 8.58. The summed E-state index contributed by atoms with van der Waals surface area (Å²) >= 11 is 0. The second-order valence-corrected chi connectivity index (χ2v) is 5.12. The maximum atomic E-state index is 2.75. The van der Waals surface area contributed by atoms with E-state index in [0.29, 0.717) is 0 Å². The van der Waals surface area contributed by atoms with E-state index in [1.165, 1.54) is 45.4 Å². The maximum Gasteiger partial charge on any atom is 0.0255 e. The highest BCUT2D eigenvalue weighted by Gasteiger charge is 2.42. The van der Waals surface area contributed by atoms with Crippen LogP contribution in [0.5, 0.6) is 0 Å². The van der Waals surface area contributed by atoms with E-state index in [4.69, 9.17) is 0 Å². The van der Waals surface area contributed by atoms with E-state index in [2.05, 4.69) is 16.7 Å². The van der Waals surface area contributed by atoms with Gasteiger partial charge in [0.05, 0.1) is 0 Å². The van der Waals surface area contributed by atoms with Crippen molar-refractivity contribution in [3.8, 4) is 0 Å². The van der Waals surface area contributed by atoms with Crippen molar-refractivity contribution in [2.24, 2.45) is 5.92 Å². The maximum absolute atomic E-state index is 2.75. The lowest BCUT2D eigenvalue weighted by Crippen LogP contribution is -2.67. The van der Waals surface area contributed by atoms with E-state index in [9.17, 15) is 0 Å². The summed E-state index contributed by atoms with van der Waals surface area (Å²) in [5, 5.41) is 0. The van der Waals surface area contributed by atoms with Gasteiger partial charge in [0.2, 0.25) is 0 Å². The van der Waals surface area contributed by atoms with Crippen molar-refractivity contribution < 1.29 is 0 Å². The molecule has 4 aliphatic rings. The summed E-state index contributed by atoms with van der Waals surface area (Å²) in [4.78, 5) is 5.50. The van der Waals surface area contributed by atoms with E-state index >= 15 is 0 Å². The molecule has 13 heavy (non-hydrogen) atoms. The predicted molar refractivity (Wildman–Crippen MR) is 53.7 cm³/mol. The zero-order chi connectivity index (χ0) is 8.84. The standard InChI is InChI=1S/C11H20N2/c1-9-2-3-10-11(8-9)13-6-4-12(10)5-7-13/h9-11H,2-8H2,1H3. The van der Waals surface area contributed by atoms with Crippen LogP contribution in [-0.2, 0) is 0 Å². The van der Waals surface area contributed by atoms with Gasteiger partial charge in [-0.2, -0.15) is 0 Å². The molecule has 0 spiro atoms. The molecule has 1 saturated carbocycles. The third-order valence-electron chi connectivity index (χ3n) is 4.33.